The summed E-state index contributed by atoms with van der Waals surface area (Å²) in [5.74, 6) is 0. The van der Waals surface area contributed by atoms with Gasteiger partial charge in [0.1, 0.15) is 0 Å². The first-order chi connectivity index (χ1) is 14.1. The summed E-state index contributed by atoms with van der Waals surface area (Å²) < 4.78 is 0.924. The number of carboxylic acid groups (broad SMARTS) is 1. The molecule has 1 heterocycles. The molecule has 156 valence electrons. The molecule has 0 saturated carbocycles. The molecule has 3 N–H and O–H groups in total. The van der Waals surface area contributed by atoms with Gasteiger partial charge in [0.05, 0.1) is 22.9 Å². The molecule has 7 heteroatoms. The Morgan fingerprint density at radius 1 is 1.20 bits per heavy atom. The van der Waals surface area contributed by atoms with Gasteiger partial charge in [-0.1, -0.05) is 45.0 Å². The monoisotopic (exact) mass is 406 g/mol. The van der Waals surface area contributed by atoms with E-state index < -0.39 is 6.09 Å². The first kappa shape index (κ1) is 19.9. The van der Waals surface area contributed by atoms with Crippen molar-refractivity contribution in [2.75, 3.05) is 5.32 Å². The van der Waals surface area contributed by atoms with Crippen LogP contribution in [-0.4, -0.2) is 27.0 Å². The van der Waals surface area contributed by atoms with Crippen LogP contribution in [0.1, 0.15) is 55.6 Å². The maximum atomic E-state index is 12.7. The lowest BCUT2D eigenvalue weighted by atomic mass is 9.85. The lowest BCUT2D eigenvalue weighted by Crippen LogP contribution is -2.31. The molecule has 1 aliphatic carbocycles. The van der Waals surface area contributed by atoms with Crippen molar-refractivity contribution in [2.45, 2.75) is 52.0 Å². The average Bonchev–Trinajstić information content (AvgIpc) is 3.22. The molecule has 0 radical (unpaired) electrons. The number of rotatable bonds is 2. The predicted octanol–water partition coefficient (Wildman–Crippen LogP) is 4.98. The Labute approximate surface area is 175 Å². The molecule has 2 amide bonds. The number of fused-ring (bicyclic) bond motifs is 2. The molecule has 1 aromatic heterocycles. The van der Waals surface area contributed by atoms with Crippen LogP contribution in [0, 0.1) is 6.92 Å². The number of anilines is 1. The fraction of sp³-hybridized carbons (Fsp3) is 0.348. The molecule has 0 aliphatic heterocycles. The van der Waals surface area contributed by atoms with E-state index in [1.54, 1.807) is 25.1 Å². The molecular weight excluding hydrogens is 380 g/mol. The third-order valence-corrected chi connectivity index (χ3v) is 5.70. The number of aryl methyl sites for hydroxylation is 2. The number of hydrogen-bond donors (Lipinski definition) is 3. The van der Waals surface area contributed by atoms with Gasteiger partial charge in [0, 0.05) is 5.39 Å². The van der Waals surface area contributed by atoms with E-state index in [2.05, 4.69) is 54.7 Å². The molecule has 0 fully saturated rings. The SMILES string of the molecule is Cc1nn(C(=O)O)c2cccc(NC(=O)N[C@@H]3CCc4cc(C(C)(C)C)ccc43)c12. The van der Waals surface area contributed by atoms with Gasteiger partial charge in [0.2, 0.25) is 0 Å². The molecule has 0 bridgehead atoms. The lowest BCUT2D eigenvalue weighted by Gasteiger charge is -2.21. The van der Waals surface area contributed by atoms with Crippen molar-refractivity contribution in [3.8, 4) is 0 Å². The summed E-state index contributed by atoms with van der Waals surface area (Å²) in [5, 5.41) is 19.9. The Hall–Kier alpha value is -3.35. The number of carbonyl (C=O) groups excluding carboxylic acids is 1. The maximum Gasteiger partial charge on any atom is 0.432 e. The number of nitrogens with zero attached hydrogens (tertiary/aromatic N) is 2. The van der Waals surface area contributed by atoms with E-state index in [9.17, 15) is 14.7 Å². The van der Waals surface area contributed by atoms with Gasteiger partial charge in [-0.15, -0.1) is 0 Å². The van der Waals surface area contributed by atoms with E-state index >= 15 is 0 Å². The average molecular weight is 406 g/mol. The Bertz CT molecular complexity index is 1160. The van der Waals surface area contributed by atoms with Crippen molar-refractivity contribution in [2.24, 2.45) is 0 Å². The Morgan fingerprint density at radius 2 is 1.97 bits per heavy atom. The molecule has 7 nitrogen and oxygen atoms in total. The molecule has 0 unspecified atom stereocenters. The van der Waals surface area contributed by atoms with Crippen LogP contribution >= 0.6 is 0 Å². The second-order valence-electron chi connectivity index (χ2n) is 8.83. The summed E-state index contributed by atoms with van der Waals surface area (Å²) in [5.41, 5.74) is 5.36. The number of benzene rings is 2. The summed E-state index contributed by atoms with van der Waals surface area (Å²) in [6, 6.07) is 11.3. The van der Waals surface area contributed by atoms with Crippen LogP contribution in [0.5, 0.6) is 0 Å². The smallest absolute Gasteiger partial charge is 0.432 e. The number of carbonyl (C=O) groups is 2. The third kappa shape index (κ3) is 3.51. The van der Waals surface area contributed by atoms with Gasteiger partial charge in [-0.25, -0.2) is 9.59 Å². The Kier molecular flexibility index (Phi) is 4.76. The van der Waals surface area contributed by atoms with E-state index in [-0.39, 0.29) is 17.5 Å². The first-order valence-electron chi connectivity index (χ1n) is 10.1. The highest BCUT2D eigenvalue weighted by atomic mass is 16.4. The fourth-order valence-electron chi connectivity index (χ4n) is 4.15. The maximum absolute atomic E-state index is 12.7. The Balaban J connectivity index is 1.54. The number of amides is 2. The summed E-state index contributed by atoms with van der Waals surface area (Å²) in [6.07, 6.45) is 0.632. The molecular formula is C23H26N4O3. The van der Waals surface area contributed by atoms with Crippen molar-refractivity contribution >= 4 is 28.7 Å². The largest absolute Gasteiger partial charge is 0.463 e. The molecule has 2 aromatic carbocycles. The number of urea groups is 1. The lowest BCUT2D eigenvalue weighted by molar-refractivity contribution is 0.194. The van der Waals surface area contributed by atoms with E-state index in [1.165, 1.54) is 11.1 Å². The topological polar surface area (TPSA) is 96.2 Å². The van der Waals surface area contributed by atoms with Crippen LogP contribution < -0.4 is 10.6 Å². The zero-order valence-corrected chi connectivity index (χ0v) is 17.6. The number of aromatic nitrogens is 2. The van der Waals surface area contributed by atoms with E-state index in [0.29, 0.717) is 22.3 Å². The predicted molar refractivity (Wildman–Crippen MR) is 116 cm³/mol. The minimum Gasteiger partial charge on any atom is -0.463 e. The molecule has 4 rings (SSSR count). The van der Waals surface area contributed by atoms with Gasteiger partial charge >= 0.3 is 12.1 Å². The fourth-order valence-corrected chi connectivity index (χ4v) is 4.15. The molecule has 30 heavy (non-hydrogen) atoms. The van der Waals surface area contributed by atoms with Crippen LogP contribution in [0.4, 0.5) is 15.3 Å². The van der Waals surface area contributed by atoms with Crippen molar-refractivity contribution in [1.29, 1.82) is 0 Å². The van der Waals surface area contributed by atoms with E-state index in [0.717, 1.165) is 23.1 Å². The summed E-state index contributed by atoms with van der Waals surface area (Å²) in [7, 11) is 0. The zero-order chi connectivity index (χ0) is 21.6. The van der Waals surface area contributed by atoms with Gasteiger partial charge in [0.25, 0.3) is 0 Å². The number of hydrogen-bond acceptors (Lipinski definition) is 3. The summed E-state index contributed by atoms with van der Waals surface area (Å²) in [6.45, 7) is 8.32. The molecule has 0 saturated heterocycles. The quantitative estimate of drug-likeness (QED) is 0.559. The van der Waals surface area contributed by atoms with Crippen LogP contribution in [0.25, 0.3) is 10.9 Å². The second kappa shape index (κ2) is 7.16. The Morgan fingerprint density at radius 3 is 2.67 bits per heavy atom. The van der Waals surface area contributed by atoms with Gasteiger partial charge < -0.3 is 15.7 Å². The first-order valence-corrected chi connectivity index (χ1v) is 10.1. The van der Waals surface area contributed by atoms with Crippen LogP contribution in [0.15, 0.2) is 36.4 Å². The van der Waals surface area contributed by atoms with Crippen molar-refractivity contribution < 1.29 is 14.7 Å². The summed E-state index contributed by atoms with van der Waals surface area (Å²) >= 11 is 0. The van der Waals surface area contributed by atoms with E-state index in [1.807, 2.05) is 0 Å². The van der Waals surface area contributed by atoms with E-state index in [4.69, 9.17) is 0 Å². The highest BCUT2D eigenvalue weighted by Crippen LogP contribution is 2.35. The molecule has 3 aromatic rings. The van der Waals surface area contributed by atoms with Gasteiger partial charge in [-0.05, 0) is 54.0 Å². The third-order valence-electron chi connectivity index (χ3n) is 5.70. The highest BCUT2D eigenvalue weighted by Gasteiger charge is 2.26. The van der Waals surface area contributed by atoms with Crippen LogP contribution in [-0.2, 0) is 11.8 Å². The van der Waals surface area contributed by atoms with Crippen molar-refractivity contribution in [3.05, 3.63) is 58.8 Å². The van der Waals surface area contributed by atoms with Gasteiger partial charge in [-0.3, -0.25) is 0 Å². The molecule has 1 aliphatic rings. The number of nitrogens with one attached hydrogen (secondary N) is 2. The minimum atomic E-state index is -1.16. The zero-order valence-electron chi connectivity index (χ0n) is 17.6. The summed E-state index contributed by atoms with van der Waals surface area (Å²) in [4.78, 5) is 24.1. The van der Waals surface area contributed by atoms with Crippen LogP contribution in [0.2, 0.25) is 0 Å². The normalized spacial score (nSPS) is 15.8. The molecule has 1 atom stereocenters. The highest BCUT2D eigenvalue weighted by molar-refractivity contribution is 6.03. The van der Waals surface area contributed by atoms with Gasteiger partial charge in [0.15, 0.2) is 0 Å². The molecule has 0 spiro atoms. The second-order valence-corrected chi connectivity index (χ2v) is 8.83. The minimum absolute atomic E-state index is 0.0453. The van der Waals surface area contributed by atoms with Crippen molar-refractivity contribution in [3.63, 3.8) is 0 Å². The van der Waals surface area contributed by atoms with Crippen molar-refractivity contribution in [1.82, 2.24) is 15.1 Å². The standard InChI is InChI=1S/C23H26N4O3/c1-13-20-18(6-5-7-19(20)27(26-13)22(29)30)25-21(28)24-17-11-8-14-12-15(23(2,3)4)9-10-16(14)17/h5-7,9-10,12,17H,8,11H2,1-4H3,(H,29,30)(H2,24,25,28)/t17-/m1/s1. The van der Waals surface area contributed by atoms with Gasteiger partial charge in [-0.2, -0.15) is 9.78 Å². The van der Waals surface area contributed by atoms with Crippen LogP contribution in [0.3, 0.4) is 0 Å².